The van der Waals surface area contributed by atoms with Crippen molar-refractivity contribution >= 4 is 40.6 Å². The minimum atomic E-state index is -1.21. The molecule has 11 nitrogen and oxygen atoms in total. The van der Waals surface area contributed by atoms with E-state index in [-0.39, 0.29) is 35.1 Å². The first kappa shape index (κ1) is 20.7. The molecule has 0 unspecified atom stereocenters. The fourth-order valence-corrected chi connectivity index (χ4v) is 3.28. The molecule has 12 heteroatoms. The van der Waals surface area contributed by atoms with Gasteiger partial charge in [-0.1, -0.05) is 12.1 Å². The van der Waals surface area contributed by atoms with E-state index in [9.17, 15) is 28.9 Å². The Bertz CT molecular complexity index is 1290. The highest BCUT2D eigenvalue weighted by Gasteiger charge is 2.35. The van der Waals surface area contributed by atoms with Gasteiger partial charge in [-0.05, 0) is 30.3 Å². The minimum Gasteiger partial charge on any atom is -0.326 e. The van der Waals surface area contributed by atoms with E-state index in [1.807, 2.05) is 0 Å². The Hall–Kier alpha value is -4.61. The molecule has 0 aliphatic carbocycles. The summed E-state index contributed by atoms with van der Waals surface area (Å²) in [5.41, 5.74) is -0.712. The van der Waals surface area contributed by atoms with Gasteiger partial charge in [-0.2, -0.15) is 4.98 Å². The number of anilines is 4. The Balaban J connectivity index is 1.65. The van der Waals surface area contributed by atoms with E-state index in [1.54, 1.807) is 0 Å². The van der Waals surface area contributed by atoms with E-state index >= 15 is 0 Å². The third kappa shape index (κ3) is 4.14. The number of nitro groups is 1. The Labute approximate surface area is 178 Å². The number of aromatic amines is 1. The van der Waals surface area contributed by atoms with E-state index in [1.165, 1.54) is 48.5 Å². The first-order valence-corrected chi connectivity index (χ1v) is 9.33. The minimum absolute atomic E-state index is 0.0274. The summed E-state index contributed by atoms with van der Waals surface area (Å²) in [5.74, 6) is -3.11. The maximum Gasteiger partial charge on any atom is 0.292 e. The number of amides is 2. The lowest BCUT2D eigenvalue weighted by molar-refractivity contribution is -0.383. The third-order valence-corrected chi connectivity index (χ3v) is 4.73. The topological polar surface area (TPSA) is 159 Å². The van der Waals surface area contributed by atoms with Gasteiger partial charge in [-0.25, -0.2) is 4.39 Å². The average Bonchev–Trinajstić information content (AvgIpc) is 2.74. The number of benzene rings is 2. The molecule has 3 aromatic rings. The highest BCUT2D eigenvalue weighted by molar-refractivity contribution is 6.05. The van der Waals surface area contributed by atoms with Crippen LogP contribution in [0.2, 0.25) is 0 Å². The molecule has 1 aliphatic rings. The molecule has 1 aliphatic heterocycles. The Kier molecular flexibility index (Phi) is 5.33. The molecule has 32 heavy (non-hydrogen) atoms. The van der Waals surface area contributed by atoms with Crippen LogP contribution in [0, 0.1) is 15.9 Å². The second kappa shape index (κ2) is 8.26. The summed E-state index contributed by atoms with van der Waals surface area (Å²) in [5, 5.41) is 18.8. The van der Waals surface area contributed by atoms with Crippen molar-refractivity contribution < 1.29 is 18.9 Å². The van der Waals surface area contributed by atoms with Gasteiger partial charge in [0.2, 0.25) is 17.8 Å². The number of halogens is 1. The van der Waals surface area contributed by atoms with Crippen LogP contribution in [-0.2, 0) is 9.59 Å². The summed E-state index contributed by atoms with van der Waals surface area (Å²) in [4.78, 5) is 54.9. The molecule has 0 saturated carbocycles. The van der Waals surface area contributed by atoms with Crippen molar-refractivity contribution in [2.45, 2.75) is 12.3 Å². The number of hydrogen-bond donors (Lipinski definition) is 4. The molecule has 0 radical (unpaired) electrons. The van der Waals surface area contributed by atoms with Crippen LogP contribution >= 0.6 is 0 Å². The number of nitro benzene ring substituents is 1. The summed E-state index contributed by atoms with van der Waals surface area (Å²) in [6.45, 7) is 0. The summed E-state index contributed by atoms with van der Waals surface area (Å²) in [6.07, 6.45) is -0.338. The largest absolute Gasteiger partial charge is 0.326 e. The summed E-state index contributed by atoms with van der Waals surface area (Å²) in [6, 6.07) is 10.8. The molecule has 0 spiro atoms. The highest BCUT2D eigenvalue weighted by Crippen LogP contribution is 2.31. The van der Waals surface area contributed by atoms with Crippen LogP contribution in [0.5, 0.6) is 0 Å². The molecule has 4 rings (SSSR count). The van der Waals surface area contributed by atoms with Crippen LogP contribution in [0.3, 0.4) is 0 Å². The third-order valence-electron chi connectivity index (χ3n) is 4.73. The van der Waals surface area contributed by atoms with Gasteiger partial charge in [0.25, 0.3) is 11.2 Å². The van der Waals surface area contributed by atoms with Gasteiger partial charge in [-0.3, -0.25) is 29.5 Å². The molecule has 0 bridgehead atoms. The predicted octanol–water partition coefficient (Wildman–Crippen LogP) is 2.63. The fraction of sp³-hybridized carbons (Fsp3) is 0.100. The second-order valence-corrected chi connectivity index (χ2v) is 6.88. The van der Waals surface area contributed by atoms with Crippen molar-refractivity contribution in [2.24, 2.45) is 0 Å². The molecule has 1 atom stereocenters. The predicted molar refractivity (Wildman–Crippen MR) is 112 cm³/mol. The molecular formula is C20H15FN6O5. The van der Waals surface area contributed by atoms with E-state index in [0.29, 0.717) is 5.69 Å². The summed E-state index contributed by atoms with van der Waals surface area (Å²) in [7, 11) is 0. The van der Waals surface area contributed by atoms with Crippen molar-refractivity contribution in [1.82, 2.24) is 9.97 Å². The van der Waals surface area contributed by atoms with Gasteiger partial charge in [0, 0.05) is 18.2 Å². The number of carbonyl (C=O) groups excluding carboxylic acids is 2. The zero-order valence-electron chi connectivity index (χ0n) is 16.2. The van der Waals surface area contributed by atoms with E-state index < -0.39 is 34.0 Å². The molecular weight excluding hydrogens is 423 g/mol. The van der Waals surface area contributed by atoms with Crippen LogP contribution < -0.4 is 21.5 Å². The fourth-order valence-electron chi connectivity index (χ4n) is 3.28. The number of para-hydroxylation sites is 2. The van der Waals surface area contributed by atoms with Gasteiger partial charge in [0.05, 0.1) is 16.4 Å². The van der Waals surface area contributed by atoms with Gasteiger partial charge < -0.3 is 16.0 Å². The van der Waals surface area contributed by atoms with E-state index in [2.05, 4.69) is 25.9 Å². The zero-order chi connectivity index (χ0) is 22.8. The summed E-state index contributed by atoms with van der Waals surface area (Å²) < 4.78 is 13.1. The van der Waals surface area contributed by atoms with Gasteiger partial charge in [0.15, 0.2) is 0 Å². The highest BCUT2D eigenvalue weighted by atomic mass is 19.1. The van der Waals surface area contributed by atoms with Crippen molar-refractivity contribution in [3.05, 3.63) is 80.4 Å². The smallest absolute Gasteiger partial charge is 0.292 e. The number of H-pyrrole nitrogens is 1. The normalized spacial score (nSPS) is 14.8. The maximum absolute atomic E-state index is 13.1. The maximum atomic E-state index is 13.1. The Morgan fingerprint density at radius 3 is 2.59 bits per heavy atom. The van der Waals surface area contributed by atoms with E-state index in [4.69, 9.17) is 0 Å². The van der Waals surface area contributed by atoms with Crippen LogP contribution in [0.15, 0.2) is 53.3 Å². The Morgan fingerprint density at radius 1 is 1.16 bits per heavy atom. The quantitative estimate of drug-likeness (QED) is 0.352. The number of hydrogen-bond acceptors (Lipinski definition) is 7. The zero-order valence-corrected chi connectivity index (χ0v) is 16.2. The molecule has 2 aromatic carbocycles. The van der Waals surface area contributed by atoms with Crippen LogP contribution in [0.25, 0.3) is 0 Å². The summed E-state index contributed by atoms with van der Waals surface area (Å²) >= 11 is 0. The van der Waals surface area contributed by atoms with Crippen LogP contribution in [-0.4, -0.2) is 26.7 Å². The van der Waals surface area contributed by atoms with Gasteiger partial charge in [0.1, 0.15) is 17.3 Å². The molecule has 1 aromatic heterocycles. The van der Waals surface area contributed by atoms with Crippen molar-refractivity contribution in [3.63, 3.8) is 0 Å². The lowest BCUT2D eigenvalue weighted by Gasteiger charge is -2.23. The first-order valence-electron chi connectivity index (χ1n) is 9.33. The van der Waals surface area contributed by atoms with Crippen molar-refractivity contribution in [1.29, 1.82) is 0 Å². The number of nitrogens with one attached hydrogen (secondary N) is 4. The number of nitrogens with zero attached hydrogens (tertiary/aromatic N) is 2. The molecule has 4 N–H and O–H groups in total. The lowest BCUT2D eigenvalue weighted by Crippen LogP contribution is -2.36. The van der Waals surface area contributed by atoms with Crippen molar-refractivity contribution in [2.75, 3.05) is 16.0 Å². The van der Waals surface area contributed by atoms with Gasteiger partial charge in [-0.15, -0.1) is 0 Å². The molecule has 2 heterocycles. The monoisotopic (exact) mass is 438 g/mol. The molecule has 2 amide bonds. The molecule has 0 saturated heterocycles. The van der Waals surface area contributed by atoms with Crippen LogP contribution in [0.1, 0.15) is 17.9 Å². The molecule has 162 valence electrons. The van der Waals surface area contributed by atoms with Crippen molar-refractivity contribution in [3.8, 4) is 0 Å². The standard InChI is InChI=1S/C20H15FN6O5/c21-10-5-7-11(8-6-10)22-20-25-17-16(19(30)26-20)12(9-15(28)24-17)18(29)23-13-3-1-2-4-14(13)27(31)32/h1-8,12H,9H2,(H,23,29)(H3,22,24,25,26,28,30)/t12-/m1/s1. The number of aromatic nitrogens is 2. The van der Waals surface area contributed by atoms with Gasteiger partial charge >= 0.3 is 0 Å². The lowest BCUT2D eigenvalue weighted by atomic mass is 9.92. The number of fused-ring (bicyclic) bond motifs is 1. The molecule has 0 fully saturated rings. The number of carbonyl (C=O) groups is 2. The first-order chi connectivity index (χ1) is 15.3. The number of rotatable bonds is 5. The average molecular weight is 438 g/mol. The van der Waals surface area contributed by atoms with E-state index in [0.717, 1.165) is 0 Å². The Morgan fingerprint density at radius 2 is 1.88 bits per heavy atom. The second-order valence-electron chi connectivity index (χ2n) is 6.88. The van der Waals surface area contributed by atoms with Crippen LogP contribution in [0.4, 0.5) is 33.2 Å². The SMILES string of the molecule is O=C1C[C@@H](C(=O)Nc2ccccc2[N+](=O)[O-])c2c(nc(Nc3ccc(F)cc3)[nH]c2=O)N1.